The highest BCUT2D eigenvalue weighted by atomic mass is 35.5. The number of hydrogen-bond donors (Lipinski definition) is 4. The maximum atomic E-state index is 13.3. The molecule has 5 rings (SSSR count). The van der Waals surface area contributed by atoms with Gasteiger partial charge in [-0.25, -0.2) is 39.1 Å². The molecule has 14 heteroatoms. The van der Waals surface area contributed by atoms with Gasteiger partial charge in [-0.1, -0.05) is 23.7 Å². The lowest BCUT2D eigenvalue weighted by molar-refractivity contribution is 0.0502. The van der Waals surface area contributed by atoms with E-state index < -0.39 is 11.7 Å². The van der Waals surface area contributed by atoms with E-state index in [1.54, 1.807) is 39.2 Å². The van der Waals surface area contributed by atoms with Crippen molar-refractivity contribution in [1.29, 1.82) is 0 Å². The third-order valence-electron chi connectivity index (χ3n) is 5.09. The highest BCUT2D eigenvalue weighted by Crippen LogP contribution is 2.20. The fraction of sp³-hybridized carbons (Fsp3) is 0.292. The number of H-pyrrole nitrogens is 2. The first-order valence-corrected chi connectivity index (χ1v) is 12.0. The third kappa shape index (κ3) is 7.09. The average Bonchev–Trinajstić information content (AvgIpc) is 3.54. The van der Waals surface area contributed by atoms with E-state index in [1.807, 2.05) is 0 Å². The fourth-order valence-corrected chi connectivity index (χ4v) is 3.62. The zero-order valence-electron chi connectivity index (χ0n) is 20.9. The topological polar surface area (TPSA) is 159 Å². The molecular formula is C24H26ClFN10O2. The summed E-state index contributed by atoms with van der Waals surface area (Å²) in [6.45, 7) is 5.90. The number of anilines is 1. The highest BCUT2D eigenvalue weighted by Gasteiger charge is 2.21. The molecule has 0 aliphatic heterocycles. The summed E-state index contributed by atoms with van der Waals surface area (Å²) < 4.78 is 18.6. The second-order valence-corrected chi connectivity index (χ2v) is 9.41. The number of nitrogens with zero attached hydrogens (tertiary/aromatic N) is 6. The van der Waals surface area contributed by atoms with Crippen molar-refractivity contribution in [3.8, 4) is 0 Å². The van der Waals surface area contributed by atoms with Crippen LogP contribution in [-0.4, -0.2) is 58.1 Å². The summed E-state index contributed by atoms with van der Waals surface area (Å²) >= 11 is 5.68. The molecule has 0 spiro atoms. The van der Waals surface area contributed by atoms with E-state index in [1.165, 1.54) is 31.1 Å². The molecule has 12 nitrogen and oxygen atoms in total. The number of carbonyl (C=O) groups is 1. The van der Waals surface area contributed by atoms with Gasteiger partial charge < -0.3 is 25.3 Å². The van der Waals surface area contributed by atoms with Gasteiger partial charge in [0.15, 0.2) is 22.3 Å². The second kappa shape index (κ2) is 11.8. The summed E-state index contributed by atoms with van der Waals surface area (Å²) in [5.41, 5.74) is 2.73. The molecule has 0 fully saturated rings. The molecule has 5 aromatic rings. The molecule has 0 aliphatic rings. The van der Waals surface area contributed by atoms with Crippen molar-refractivity contribution in [2.45, 2.75) is 38.8 Å². The van der Waals surface area contributed by atoms with Crippen LogP contribution in [0.3, 0.4) is 0 Å². The lowest BCUT2D eigenvalue weighted by atomic mass is 10.0. The molecule has 0 saturated heterocycles. The van der Waals surface area contributed by atoms with Crippen LogP contribution in [0.2, 0.25) is 5.15 Å². The Morgan fingerprint density at radius 3 is 2.26 bits per heavy atom. The van der Waals surface area contributed by atoms with Crippen LogP contribution in [0.25, 0.3) is 22.3 Å². The monoisotopic (exact) mass is 540 g/mol. The number of aromatic nitrogens is 8. The van der Waals surface area contributed by atoms with Gasteiger partial charge in [-0.3, -0.25) is 0 Å². The Bertz CT molecular complexity index is 1500. The predicted molar refractivity (Wildman–Crippen MR) is 140 cm³/mol. The van der Waals surface area contributed by atoms with E-state index in [2.05, 4.69) is 50.5 Å². The minimum absolute atomic E-state index is 0.333. The number of alkyl carbamates (subject to hydrolysis) is 1. The molecule has 38 heavy (non-hydrogen) atoms. The number of fused-ring (bicyclic) bond motifs is 2. The number of aromatic amines is 2. The number of ether oxygens (including phenoxy) is 1. The number of carbonyl (C=O) groups excluding carboxylic acids is 1. The van der Waals surface area contributed by atoms with Crippen molar-refractivity contribution in [2.75, 3.05) is 11.9 Å². The standard InChI is InChI=1S/C19H23FN6O2.C5H3ClN4/c1-19(2,3)28-18(27)26-14(12-4-6-13(20)7-5-12)8-9-21-16-15-17(23-10-22-15)25-11-24-16;6-4-3-5(9-1-7-3)10-2-8-4/h4-7,10-11,14H,8-9H2,1-3H3,(H,26,27)(H2,21,22,23,24,25);1-2H,(H,7,8,9,10). The summed E-state index contributed by atoms with van der Waals surface area (Å²) in [7, 11) is 0. The van der Waals surface area contributed by atoms with Gasteiger partial charge in [0, 0.05) is 6.54 Å². The molecule has 1 amide bonds. The van der Waals surface area contributed by atoms with Gasteiger partial charge >= 0.3 is 6.09 Å². The van der Waals surface area contributed by atoms with Crippen molar-refractivity contribution in [1.82, 2.24) is 45.2 Å². The number of benzene rings is 1. The molecule has 1 aromatic carbocycles. The lowest BCUT2D eigenvalue weighted by Gasteiger charge is -2.24. The number of halogens is 2. The summed E-state index contributed by atoms with van der Waals surface area (Å²) in [6, 6.07) is 5.67. The predicted octanol–water partition coefficient (Wildman–Crippen LogP) is 4.57. The van der Waals surface area contributed by atoms with Crippen molar-refractivity contribution < 1.29 is 13.9 Å². The fourth-order valence-electron chi connectivity index (χ4n) is 3.44. The SMILES string of the molecule is CC(C)(C)OC(=O)NC(CCNc1ncnc2nc[nH]c12)c1ccc(F)cc1.Clc1ncnc2nc[nH]c12. The summed E-state index contributed by atoms with van der Waals surface area (Å²) in [4.78, 5) is 41.9. The van der Waals surface area contributed by atoms with Crippen molar-refractivity contribution in [3.63, 3.8) is 0 Å². The summed E-state index contributed by atoms with van der Waals surface area (Å²) in [5, 5.41) is 6.47. The molecule has 0 radical (unpaired) electrons. The van der Waals surface area contributed by atoms with E-state index in [9.17, 15) is 9.18 Å². The first-order valence-electron chi connectivity index (χ1n) is 11.6. The van der Waals surface area contributed by atoms with Gasteiger partial charge in [0.05, 0.1) is 18.7 Å². The number of imidazole rings is 2. The Labute approximate surface area is 221 Å². The van der Waals surface area contributed by atoms with Crippen LogP contribution < -0.4 is 10.6 Å². The molecule has 0 saturated carbocycles. The average molecular weight is 541 g/mol. The van der Waals surface area contributed by atoms with Crippen LogP contribution in [0.5, 0.6) is 0 Å². The molecule has 1 unspecified atom stereocenters. The lowest BCUT2D eigenvalue weighted by Crippen LogP contribution is -2.35. The summed E-state index contributed by atoms with van der Waals surface area (Å²) in [5.74, 6) is 0.290. The van der Waals surface area contributed by atoms with E-state index in [4.69, 9.17) is 16.3 Å². The Balaban J connectivity index is 0.000000278. The van der Waals surface area contributed by atoms with Crippen LogP contribution in [0.1, 0.15) is 38.8 Å². The van der Waals surface area contributed by atoms with Gasteiger partial charge in [0.1, 0.15) is 35.1 Å². The Kier molecular flexibility index (Phi) is 8.26. The zero-order chi connectivity index (χ0) is 27.1. The highest BCUT2D eigenvalue weighted by molar-refractivity contribution is 6.33. The third-order valence-corrected chi connectivity index (χ3v) is 5.38. The first-order chi connectivity index (χ1) is 18.2. The Morgan fingerprint density at radius 1 is 0.974 bits per heavy atom. The Hall–Kier alpha value is -4.39. The Morgan fingerprint density at radius 2 is 1.61 bits per heavy atom. The van der Waals surface area contributed by atoms with Gasteiger partial charge in [-0.2, -0.15) is 0 Å². The van der Waals surface area contributed by atoms with Gasteiger partial charge in [-0.05, 0) is 44.9 Å². The maximum Gasteiger partial charge on any atom is 0.408 e. The number of amides is 1. The van der Waals surface area contributed by atoms with Crippen molar-refractivity contribution >= 4 is 45.8 Å². The first kappa shape index (κ1) is 26.7. The maximum absolute atomic E-state index is 13.3. The molecule has 1 atom stereocenters. The molecule has 0 aliphatic carbocycles. The molecule has 4 aromatic heterocycles. The minimum atomic E-state index is -0.608. The number of nitrogens with one attached hydrogen (secondary N) is 4. The van der Waals surface area contributed by atoms with Crippen LogP contribution in [0.15, 0.2) is 49.6 Å². The zero-order valence-corrected chi connectivity index (χ0v) is 21.6. The van der Waals surface area contributed by atoms with E-state index >= 15 is 0 Å². The smallest absolute Gasteiger partial charge is 0.408 e. The normalized spacial score (nSPS) is 12.0. The molecule has 198 valence electrons. The molecule has 0 bridgehead atoms. The van der Waals surface area contributed by atoms with E-state index in [0.717, 1.165) is 5.56 Å². The van der Waals surface area contributed by atoms with Crippen LogP contribution in [0, 0.1) is 5.82 Å². The van der Waals surface area contributed by atoms with E-state index in [-0.39, 0.29) is 11.9 Å². The van der Waals surface area contributed by atoms with Crippen LogP contribution >= 0.6 is 11.6 Å². The van der Waals surface area contributed by atoms with Crippen LogP contribution in [0.4, 0.5) is 15.0 Å². The molecular weight excluding hydrogens is 515 g/mol. The van der Waals surface area contributed by atoms with Gasteiger partial charge in [0.25, 0.3) is 0 Å². The molecule has 4 heterocycles. The van der Waals surface area contributed by atoms with Crippen molar-refractivity contribution in [2.24, 2.45) is 0 Å². The minimum Gasteiger partial charge on any atom is -0.444 e. The van der Waals surface area contributed by atoms with Crippen molar-refractivity contribution in [3.05, 3.63) is 66.1 Å². The number of hydrogen-bond acceptors (Lipinski definition) is 9. The van der Waals surface area contributed by atoms with Gasteiger partial charge in [-0.15, -0.1) is 0 Å². The quantitative estimate of drug-likeness (QED) is 0.226. The molecule has 4 N–H and O–H groups in total. The van der Waals surface area contributed by atoms with Gasteiger partial charge in [0.2, 0.25) is 0 Å². The largest absolute Gasteiger partial charge is 0.444 e. The van der Waals surface area contributed by atoms with E-state index in [0.29, 0.717) is 46.3 Å². The summed E-state index contributed by atoms with van der Waals surface area (Å²) in [6.07, 6.45) is 5.90. The second-order valence-electron chi connectivity index (χ2n) is 9.05. The number of rotatable bonds is 6. The van der Waals surface area contributed by atoms with Crippen LogP contribution in [-0.2, 0) is 4.74 Å².